The van der Waals surface area contributed by atoms with Crippen LogP contribution in [0.3, 0.4) is 0 Å². The highest BCUT2D eigenvalue weighted by Crippen LogP contribution is 2.15. The van der Waals surface area contributed by atoms with E-state index in [1.807, 2.05) is 16.8 Å². The molecule has 0 atom stereocenters. The molecule has 1 amide bonds. The van der Waals surface area contributed by atoms with Gasteiger partial charge in [-0.15, -0.1) is 12.3 Å². The van der Waals surface area contributed by atoms with Crippen molar-refractivity contribution in [1.82, 2.24) is 9.88 Å². The number of aromatic nitrogens is 1. The number of carbonyl (C=O) groups is 1. The number of aryl methyl sites for hydroxylation is 1. The molecule has 0 unspecified atom stereocenters. The minimum Gasteiger partial charge on any atom is -0.350 e. The van der Waals surface area contributed by atoms with Crippen molar-refractivity contribution in [3.63, 3.8) is 0 Å². The lowest BCUT2D eigenvalue weighted by atomic mass is 10.3. The number of terminal acetylenes is 1. The number of rotatable bonds is 5. The molecule has 16 heavy (non-hydrogen) atoms. The summed E-state index contributed by atoms with van der Waals surface area (Å²) in [5.74, 6) is 2.41. The van der Waals surface area contributed by atoms with Crippen LogP contribution < -0.4 is 5.32 Å². The van der Waals surface area contributed by atoms with E-state index in [0.717, 1.165) is 17.4 Å². The lowest BCUT2D eigenvalue weighted by Crippen LogP contribution is -2.26. The molecule has 0 aliphatic heterocycles. The summed E-state index contributed by atoms with van der Waals surface area (Å²) in [7, 11) is 0. The Morgan fingerprint density at radius 2 is 2.44 bits per heavy atom. The second-order valence-electron chi connectivity index (χ2n) is 3.45. The normalized spacial score (nSPS) is 9.81. The minimum absolute atomic E-state index is 0.0746. The number of nitrogens with zero attached hydrogens (tertiary/aromatic N) is 1. The standard InChI is InChI=1S/C12H15BrN2O/c1-3-5-6-14-12(16)11-8-10(13)9-15(11)7-4-2/h1,8-9H,4-7H2,2H3,(H,14,16). The van der Waals surface area contributed by atoms with Gasteiger partial charge in [0.15, 0.2) is 0 Å². The first-order valence-corrected chi connectivity index (χ1v) is 6.05. The Morgan fingerprint density at radius 3 is 3.06 bits per heavy atom. The number of nitrogens with one attached hydrogen (secondary N) is 1. The Morgan fingerprint density at radius 1 is 1.69 bits per heavy atom. The first-order valence-electron chi connectivity index (χ1n) is 5.26. The second kappa shape index (κ2) is 6.39. The fourth-order valence-corrected chi connectivity index (χ4v) is 1.89. The van der Waals surface area contributed by atoms with Gasteiger partial charge in [0.2, 0.25) is 0 Å². The molecule has 1 aromatic rings. The summed E-state index contributed by atoms with van der Waals surface area (Å²) >= 11 is 3.37. The van der Waals surface area contributed by atoms with Gasteiger partial charge in [-0.2, -0.15) is 0 Å². The molecule has 0 aliphatic carbocycles. The molecule has 0 radical (unpaired) electrons. The van der Waals surface area contributed by atoms with Gasteiger partial charge in [-0.25, -0.2) is 0 Å². The largest absolute Gasteiger partial charge is 0.350 e. The Bertz CT molecular complexity index is 404. The zero-order valence-electron chi connectivity index (χ0n) is 9.29. The van der Waals surface area contributed by atoms with Gasteiger partial charge in [-0.3, -0.25) is 4.79 Å². The number of halogens is 1. The van der Waals surface area contributed by atoms with Crippen LogP contribution in [0.15, 0.2) is 16.7 Å². The van der Waals surface area contributed by atoms with Gasteiger partial charge in [0.25, 0.3) is 5.91 Å². The van der Waals surface area contributed by atoms with Crippen LogP contribution in [0.4, 0.5) is 0 Å². The first-order chi connectivity index (χ1) is 7.69. The number of hydrogen-bond donors (Lipinski definition) is 1. The molecular formula is C12H15BrN2O. The monoisotopic (exact) mass is 282 g/mol. The van der Waals surface area contributed by atoms with E-state index in [1.54, 1.807) is 0 Å². The lowest BCUT2D eigenvalue weighted by Gasteiger charge is -2.07. The molecule has 86 valence electrons. The van der Waals surface area contributed by atoms with E-state index in [1.165, 1.54) is 0 Å². The van der Waals surface area contributed by atoms with Gasteiger partial charge in [-0.05, 0) is 28.4 Å². The highest BCUT2D eigenvalue weighted by molar-refractivity contribution is 9.10. The van der Waals surface area contributed by atoms with Gasteiger partial charge in [0.05, 0.1) is 0 Å². The molecule has 4 heteroatoms. The fraction of sp³-hybridized carbons (Fsp3) is 0.417. The molecular weight excluding hydrogens is 268 g/mol. The van der Waals surface area contributed by atoms with Crippen LogP contribution in [0.5, 0.6) is 0 Å². The summed E-state index contributed by atoms with van der Waals surface area (Å²) in [4.78, 5) is 11.8. The Balaban J connectivity index is 2.70. The van der Waals surface area contributed by atoms with Crippen LogP contribution in [-0.2, 0) is 6.54 Å². The van der Waals surface area contributed by atoms with E-state index in [4.69, 9.17) is 6.42 Å². The van der Waals surface area contributed by atoms with Crippen molar-refractivity contribution in [2.24, 2.45) is 0 Å². The number of amides is 1. The van der Waals surface area contributed by atoms with Gasteiger partial charge >= 0.3 is 0 Å². The smallest absolute Gasteiger partial charge is 0.267 e. The number of carbonyl (C=O) groups excluding carboxylic acids is 1. The van der Waals surface area contributed by atoms with Crippen LogP contribution in [0, 0.1) is 12.3 Å². The van der Waals surface area contributed by atoms with E-state index in [0.29, 0.717) is 18.7 Å². The van der Waals surface area contributed by atoms with E-state index in [-0.39, 0.29) is 5.91 Å². The summed E-state index contributed by atoms with van der Waals surface area (Å²) in [6, 6.07) is 1.82. The average Bonchev–Trinajstić information content (AvgIpc) is 2.60. The van der Waals surface area contributed by atoms with Crippen LogP contribution >= 0.6 is 15.9 Å². The molecule has 1 rings (SSSR count). The fourth-order valence-electron chi connectivity index (χ4n) is 1.43. The topological polar surface area (TPSA) is 34.0 Å². The quantitative estimate of drug-likeness (QED) is 0.653. The number of hydrogen-bond acceptors (Lipinski definition) is 1. The Hall–Kier alpha value is -1.21. The van der Waals surface area contributed by atoms with Crippen molar-refractivity contribution in [3.05, 3.63) is 22.4 Å². The van der Waals surface area contributed by atoms with Crippen LogP contribution in [0.2, 0.25) is 0 Å². The van der Waals surface area contributed by atoms with Gasteiger partial charge in [0.1, 0.15) is 5.69 Å². The lowest BCUT2D eigenvalue weighted by molar-refractivity contribution is 0.0945. The third-order valence-electron chi connectivity index (χ3n) is 2.12. The zero-order chi connectivity index (χ0) is 12.0. The molecule has 0 aromatic carbocycles. The van der Waals surface area contributed by atoms with E-state index in [2.05, 4.69) is 34.1 Å². The summed E-state index contributed by atoms with van der Waals surface area (Å²) in [5, 5.41) is 2.79. The van der Waals surface area contributed by atoms with E-state index >= 15 is 0 Å². The maximum absolute atomic E-state index is 11.8. The van der Waals surface area contributed by atoms with Gasteiger partial charge in [-0.1, -0.05) is 6.92 Å². The highest BCUT2D eigenvalue weighted by atomic mass is 79.9. The van der Waals surface area contributed by atoms with Crippen LogP contribution in [0.1, 0.15) is 30.3 Å². The predicted octanol–water partition coefficient (Wildman–Crippen LogP) is 2.41. The second-order valence-corrected chi connectivity index (χ2v) is 4.36. The van der Waals surface area contributed by atoms with Crippen molar-refractivity contribution in [2.45, 2.75) is 26.3 Å². The summed E-state index contributed by atoms with van der Waals surface area (Å²) < 4.78 is 2.86. The molecule has 1 aromatic heterocycles. The average molecular weight is 283 g/mol. The Kier molecular flexibility index (Phi) is 5.13. The first kappa shape index (κ1) is 12.9. The molecule has 0 bridgehead atoms. The molecule has 0 aliphatic rings. The Labute approximate surface area is 104 Å². The van der Waals surface area contributed by atoms with E-state index < -0.39 is 0 Å². The van der Waals surface area contributed by atoms with Crippen molar-refractivity contribution >= 4 is 21.8 Å². The highest BCUT2D eigenvalue weighted by Gasteiger charge is 2.11. The predicted molar refractivity (Wildman–Crippen MR) is 68.2 cm³/mol. The molecule has 0 saturated carbocycles. The van der Waals surface area contributed by atoms with Crippen LogP contribution in [0.25, 0.3) is 0 Å². The molecule has 3 nitrogen and oxygen atoms in total. The minimum atomic E-state index is -0.0746. The molecule has 1 heterocycles. The van der Waals surface area contributed by atoms with Crippen LogP contribution in [-0.4, -0.2) is 17.0 Å². The SMILES string of the molecule is C#CCCNC(=O)c1cc(Br)cn1CCC. The third-order valence-corrected chi connectivity index (χ3v) is 2.55. The summed E-state index contributed by atoms with van der Waals surface area (Å²) in [6.45, 7) is 3.43. The van der Waals surface area contributed by atoms with E-state index in [9.17, 15) is 4.79 Å². The van der Waals surface area contributed by atoms with Crippen molar-refractivity contribution in [3.8, 4) is 12.3 Å². The molecule has 0 saturated heterocycles. The third kappa shape index (κ3) is 3.42. The molecule has 0 fully saturated rings. The molecule has 0 spiro atoms. The van der Waals surface area contributed by atoms with Gasteiger partial charge in [0, 0.05) is 30.2 Å². The van der Waals surface area contributed by atoms with Crippen molar-refractivity contribution in [1.29, 1.82) is 0 Å². The summed E-state index contributed by atoms with van der Waals surface area (Å²) in [6.07, 6.45) is 8.59. The maximum Gasteiger partial charge on any atom is 0.267 e. The molecule has 1 N–H and O–H groups in total. The zero-order valence-corrected chi connectivity index (χ0v) is 10.9. The summed E-state index contributed by atoms with van der Waals surface area (Å²) in [5.41, 5.74) is 0.672. The van der Waals surface area contributed by atoms with Crippen molar-refractivity contribution in [2.75, 3.05) is 6.54 Å². The maximum atomic E-state index is 11.8. The van der Waals surface area contributed by atoms with Crippen molar-refractivity contribution < 1.29 is 4.79 Å². The van der Waals surface area contributed by atoms with Gasteiger partial charge < -0.3 is 9.88 Å².